The third-order valence-electron chi connectivity index (χ3n) is 5.97. The summed E-state index contributed by atoms with van der Waals surface area (Å²) in [5, 5.41) is 109. The standard InChI is InChI=1S/C17H30O16/c18-1-5-7(21)9(23)10(24)15(30-5)33-17(13(27)11(25)14(28)32-17)4-29-16(3-20)12(26)8(22)6(2-19)31-16/h5-15,18-28H,1-4H2. The SMILES string of the molecule is OCC1OC(OC2(COC3(CO)OC(CO)C(O)C3O)OC(O)C(O)C2O)C(O)C(O)C1O. The fourth-order valence-electron chi connectivity index (χ4n) is 3.90. The minimum Gasteiger partial charge on any atom is -0.394 e. The highest BCUT2D eigenvalue weighted by molar-refractivity contribution is 5.00. The van der Waals surface area contributed by atoms with Crippen LogP contribution in [0.2, 0.25) is 0 Å². The van der Waals surface area contributed by atoms with E-state index in [-0.39, 0.29) is 0 Å². The normalized spacial score (nSPS) is 53.0. The van der Waals surface area contributed by atoms with Crippen molar-refractivity contribution in [3.63, 3.8) is 0 Å². The Labute approximate surface area is 186 Å². The smallest absolute Gasteiger partial charge is 0.226 e. The van der Waals surface area contributed by atoms with E-state index in [9.17, 15) is 56.2 Å². The highest BCUT2D eigenvalue weighted by Gasteiger charge is 2.62. The van der Waals surface area contributed by atoms with Gasteiger partial charge in [-0.1, -0.05) is 0 Å². The predicted octanol–water partition coefficient (Wildman–Crippen LogP) is -7.61. The van der Waals surface area contributed by atoms with Crippen molar-refractivity contribution in [2.24, 2.45) is 0 Å². The first-order valence-corrected chi connectivity index (χ1v) is 10.1. The Hall–Kier alpha value is -0.640. The van der Waals surface area contributed by atoms with E-state index in [1.54, 1.807) is 0 Å². The van der Waals surface area contributed by atoms with Crippen molar-refractivity contribution >= 4 is 0 Å². The van der Waals surface area contributed by atoms with Gasteiger partial charge in [0.05, 0.1) is 13.2 Å². The molecule has 0 amide bonds. The second-order valence-corrected chi connectivity index (χ2v) is 8.10. The Morgan fingerprint density at radius 1 is 0.636 bits per heavy atom. The van der Waals surface area contributed by atoms with E-state index in [4.69, 9.17) is 23.7 Å². The van der Waals surface area contributed by atoms with Crippen LogP contribution in [-0.2, 0) is 23.7 Å². The average molecular weight is 490 g/mol. The number of ether oxygens (including phenoxy) is 5. The molecule has 0 bridgehead atoms. The third kappa shape index (κ3) is 4.64. The average Bonchev–Trinajstić information content (AvgIpc) is 3.18. The molecule has 0 aromatic carbocycles. The lowest BCUT2D eigenvalue weighted by molar-refractivity contribution is -0.405. The summed E-state index contributed by atoms with van der Waals surface area (Å²) < 4.78 is 26.3. The summed E-state index contributed by atoms with van der Waals surface area (Å²) in [6.07, 6.45) is -20.0. The van der Waals surface area contributed by atoms with Gasteiger partial charge < -0.3 is 79.9 Å². The number of hydrogen-bond acceptors (Lipinski definition) is 16. The Kier molecular flexibility index (Phi) is 8.29. The first-order valence-electron chi connectivity index (χ1n) is 10.1. The van der Waals surface area contributed by atoms with Gasteiger partial charge in [0.1, 0.15) is 68.1 Å². The van der Waals surface area contributed by atoms with Crippen molar-refractivity contribution in [1.29, 1.82) is 0 Å². The van der Waals surface area contributed by atoms with Gasteiger partial charge in [-0.2, -0.15) is 0 Å². The Bertz CT molecular complexity index is 653. The van der Waals surface area contributed by atoms with Crippen molar-refractivity contribution in [2.75, 3.05) is 26.4 Å². The highest BCUT2D eigenvalue weighted by atomic mass is 16.8. The molecule has 0 spiro atoms. The lowest BCUT2D eigenvalue weighted by Gasteiger charge is -2.44. The van der Waals surface area contributed by atoms with Crippen LogP contribution in [-0.4, -0.2) is 162 Å². The first kappa shape index (κ1) is 27.0. The van der Waals surface area contributed by atoms with Crippen molar-refractivity contribution in [3.05, 3.63) is 0 Å². The van der Waals surface area contributed by atoms with Crippen molar-refractivity contribution in [3.8, 4) is 0 Å². The van der Waals surface area contributed by atoms with Gasteiger partial charge in [0.25, 0.3) is 0 Å². The van der Waals surface area contributed by atoms with E-state index in [2.05, 4.69) is 0 Å². The molecule has 16 heteroatoms. The highest BCUT2D eigenvalue weighted by Crippen LogP contribution is 2.39. The number of hydrogen-bond donors (Lipinski definition) is 11. The van der Waals surface area contributed by atoms with Crippen LogP contribution in [0.25, 0.3) is 0 Å². The largest absolute Gasteiger partial charge is 0.394 e. The second-order valence-electron chi connectivity index (χ2n) is 8.10. The molecular weight excluding hydrogens is 460 g/mol. The Morgan fingerprint density at radius 2 is 1.24 bits per heavy atom. The summed E-state index contributed by atoms with van der Waals surface area (Å²) in [5.74, 6) is -4.94. The summed E-state index contributed by atoms with van der Waals surface area (Å²) in [6.45, 7) is -3.68. The lowest BCUT2D eigenvalue weighted by Crippen LogP contribution is -2.63. The van der Waals surface area contributed by atoms with Crippen LogP contribution in [0.1, 0.15) is 0 Å². The maximum atomic E-state index is 10.5. The fourth-order valence-corrected chi connectivity index (χ4v) is 3.90. The quantitative estimate of drug-likeness (QED) is 0.151. The molecule has 0 aromatic heterocycles. The first-order chi connectivity index (χ1) is 15.5. The van der Waals surface area contributed by atoms with Gasteiger partial charge in [-0.25, -0.2) is 0 Å². The van der Waals surface area contributed by atoms with Gasteiger partial charge >= 0.3 is 0 Å². The van der Waals surface area contributed by atoms with Crippen LogP contribution in [0.3, 0.4) is 0 Å². The van der Waals surface area contributed by atoms with E-state index in [0.717, 1.165) is 0 Å². The van der Waals surface area contributed by atoms with Gasteiger partial charge in [0.15, 0.2) is 12.6 Å². The predicted molar refractivity (Wildman–Crippen MR) is 96.4 cm³/mol. The van der Waals surface area contributed by atoms with Crippen LogP contribution in [0, 0.1) is 0 Å². The number of aliphatic hydroxyl groups excluding tert-OH is 11. The molecule has 3 aliphatic heterocycles. The monoisotopic (exact) mass is 490 g/mol. The molecule has 3 heterocycles. The Balaban J connectivity index is 1.85. The van der Waals surface area contributed by atoms with E-state index < -0.39 is 106 Å². The van der Waals surface area contributed by atoms with Gasteiger partial charge in [-0.05, 0) is 0 Å². The maximum absolute atomic E-state index is 10.5. The Morgan fingerprint density at radius 3 is 1.73 bits per heavy atom. The zero-order valence-corrected chi connectivity index (χ0v) is 17.1. The molecule has 0 aromatic rings. The van der Waals surface area contributed by atoms with Crippen LogP contribution in [0.15, 0.2) is 0 Å². The van der Waals surface area contributed by atoms with Crippen LogP contribution < -0.4 is 0 Å². The number of aliphatic hydroxyl groups is 11. The molecule has 3 fully saturated rings. The number of rotatable bonds is 8. The topological polar surface area (TPSA) is 269 Å². The molecule has 3 aliphatic rings. The van der Waals surface area contributed by atoms with Gasteiger partial charge in [0.2, 0.25) is 11.6 Å². The zero-order chi connectivity index (χ0) is 24.7. The molecule has 13 unspecified atom stereocenters. The summed E-state index contributed by atoms with van der Waals surface area (Å²) in [5.41, 5.74) is 0. The lowest BCUT2D eigenvalue weighted by atomic mass is 9.99. The van der Waals surface area contributed by atoms with E-state index in [1.807, 2.05) is 0 Å². The molecule has 16 nitrogen and oxygen atoms in total. The molecule has 33 heavy (non-hydrogen) atoms. The van der Waals surface area contributed by atoms with E-state index >= 15 is 0 Å². The molecule has 3 saturated heterocycles. The molecule has 11 N–H and O–H groups in total. The van der Waals surface area contributed by atoms with Gasteiger partial charge in [-0.15, -0.1) is 0 Å². The molecule has 194 valence electrons. The van der Waals surface area contributed by atoms with Crippen LogP contribution in [0.4, 0.5) is 0 Å². The van der Waals surface area contributed by atoms with Gasteiger partial charge in [0, 0.05) is 0 Å². The summed E-state index contributed by atoms with van der Waals surface area (Å²) >= 11 is 0. The van der Waals surface area contributed by atoms with Crippen LogP contribution >= 0.6 is 0 Å². The van der Waals surface area contributed by atoms with Crippen molar-refractivity contribution in [2.45, 2.75) is 79.1 Å². The van der Waals surface area contributed by atoms with E-state index in [0.29, 0.717) is 0 Å². The zero-order valence-electron chi connectivity index (χ0n) is 17.1. The molecule has 0 saturated carbocycles. The molecule has 13 atom stereocenters. The summed E-state index contributed by atoms with van der Waals surface area (Å²) in [6, 6.07) is 0. The van der Waals surface area contributed by atoms with Gasteiger partial charge in [-0.3, -0.25) is 0 Å². The molecular formula is C17H30O16. The summed E-state index contributed by atoms with van der Waals surface area (Å²) in [7, 11) is 0. The second kappa shape index (κ2) is 10.2. The third-order valence-corrected chi connectivity index (χ3v) is 5.97. The summed E-state index contributed by atoms with van der Waals surface area (Å²) in [4.78, 5) is 0. The molecule has 0 aliphatic carbocycles. The maximum Gasteiger partial charge on any atom is 0.226 e. The molecule has 0 radical (unpaired) electrons. The van der Waals surface area contributed by atoms with Crippen molar-refractivity contribution < 1.29 is 79.9 Å². The molecule has 3 rings (SSSR count). The fraction of sp³-hybridized carbons (Fsp3) is 1.00. The van der Waals surface area contributed by atoms with Crippen LogP contribution in [0.5, 0.6) is 0 Å². The minimum absolute atomic E-state index is 0.758. The minimum atomic E-state index is -2.58. The van der Waals surface area contributed by atoms with Crippen molar-refractivity contribution in [1.82, 2.24) is 0 Å². The van der Waals surface area contributed by atoms with E-state index in [1.165, 1.54) is 0 Å².